The Balaban J connectivity index is 2.87. The van der Waals surface area contributed by atoms with Gasteiger partial charge in [-0.15, -0.1) is 0 Å². The summed E-state index contributed by atoms with van der Waals surface area (Å²) in [6.45, 7) is 6.94. The van der Waals surface area contributed by atoms with E-state index in [9.17, 15) is 5.11 Å². The molecule has 0 bridgehead atoms. The van der Waals surface area contributed by atoms with Crippen molar-refractivity contribution in [1.29, 1.82) is 0 Å². The van der Waals surface area contributed by atoms with Crippen molar-refractivity contribution in [2.75, 3.05) is 0 Å². The summed E-state index contributed by atoms with van der Waals surface area (Å²) in [4.78, 5) is 0. The summed E-state index contributed by atoms with van der Waals surface area (Å²) in [6, 6.07) is 10.0. The van der Waals surface area contributed by atoms with Crippen molar-refractivity contribution in [3.63, 3.8) is 0 Å². The van der Waals surface area contributed by atoms with E-state index in [0.29, 0.717) is 5.76 Å². The van der Waals surface area contributed by atoms with Gasteiger partial charge in [0, 0.05) is 0 Å². The summed E-state index contributed by atoms with van der Waals surface area (Å²) >= 11 is -2.15. The fraction of sp³-hybridized carbons (Fsp3) is 0.619. The van der Waals surface area contributed by atoms with Crippen molar-refractivity contribution in [3.05, 3.63) is 42.0 Å². The zero-order valence-electron chi connectivity index (χ0n) is 15.5. The van der Waals surface area contributed by atoms with Crippen LogP contribution in [-0.2, 0) is 0 Å². The Bertz CT molecular complexity index is 417. The van der Waals surface area contributed by atoms with Crippen LogP contribution in [0.15, 0.2) is 36.4 Å². The van der Waals surface area contributed by atoms with E-state index >= 15 is 0 Å². The number of hydrogen-bond acceptors (Lipinski definition) is 1. The van der Waals surface area contributed by atoms with Crippen LogP contribution in [0.25, 0.3) is 5.76 Å². The Kier molecular flexibility index (Phi) is 10.7. The van der Waals surface area contributed by atoms with Crippen LogP contribution in [0, 0.1) is 0 Å². The van der Waals surface area contributed by atoms with Crippen LogP contribution in [0.4, 0.5) is 0 Å². The van der Waals surface area contributed by atoms with Crippen LogP contribution in [0.2, 0.25) is 17.7 Å². The first kappa shape index (κ1) is 20.6. The molecule has 1 aromatic carbocycles. The van der Waals surface area contributed by atoms with E-state index in [0.717, 1.165) is 5.56 Å². The normalized spacial score (nSPS) is 12.6. The molecule has 0 fully saturated rings. The molecule has 0 unspecified atom stereocenters. The molecule has 0 spiro atoms. The molecule has 0 saturated carbocycles. The second-order valence-corrected chi connectivity index (χ2v) is 21.0. The summed E-state index contributed by atoms with van der Waals surface area (Å²) < 4.78 is 5.73. The molecule has 0 amide bonds. The van der Waals surface area contributed by atoms with Crippen LogP contribution in [0.3, 0.4) is 0 Å². The van der Waals surface area contributed by atoms with Crippen LogP contribution >= 0.6 is 0 Å². The minimum atomic E-state index is -2.15. The van der Waals surface area contributed by atoms with Crippen molar-refractivity contribution in [1.82, 2.24) is 0 Å². The maximum atomic E-state index is 10.5. The van der Waals surface area contributed by atoms with Gasteiger partial charge in [0.2, 0.25) is 0 Å². The molecule has 130 valence electrons. The molecule has 0 aromatic heterocycles. The van der Waals surface area contributed by atoms with Crippen LogP contribution in [0.5, 0.6) is 0 Å². The Hall–Kier alpha value is -0.441. The molecule has 1 N–H and O–H groups in total. The third-order valence-corrected chi connectivity index (χ3v) is 20.1. The fourth-order valence-corrected chi connectivity index (χ4v) is 18.5. The third kappa shape index (κ3) is 7.78. The molecule has 0 aliphatic rings. The first-order valence-corrected chi connectivity index (χ1v) is 17.7. The number of unbranched alkanes of at least 4 members (excludes halogenated alkanes) is 3. The molecule has 0 radical (unpaired) electrons. The molecule has 0 saturated heterocycles. The molecule has 23 heavy (non-hydrogen) atoms. The van der Waals surface area contributed by atoms with E-state index in [1.54, 1.807) is 0 Å². The quantitative estimate of drug-likeness (QED) is 0.274. The van der Waals surface area contributed by atoms with E-state index in [1.165, 1.54) is 56.3 Å². The van der Waals surface area contributed by atoms with Gasteiger partial charge in [0.1, 0.15) is 0 Å². The number of hydrogen-bond donors (Lipinski definition) is 1. The maximum absolute atomic E-state index is 10.5. The van der Waals surface area contributed by atoms with Gasteiger partial charge in [-0.1, -0.05) is 0 Å². The number of benzene rings is 1. The van der Waals surface area contributed by atoms with Gasteiger partial charge in [0.15, 0.2) is 0 Å². The molecule has 1 rings (SSSR count). The van der Waals surface area contributed by atoms with Crippen molar-refractivity contribution in [3.8, 4) is 0 Å². The Morgan fingerprint density at radius 1 is 0.870 bits per heavy atom. The Morgan fingerprint density at radius 3 is 1.78 bits per heavy atom. The Labute approximate surface area is 148 Å². The summed E-state index contributed by atoms with van der Waals surface area (Å²) in [5, 5.41) is 10.5. The monoisotopic (exact) mass is 424 g/mol. The predicted molar refractivity (Wildman–Crippen MR) is 107 cm³/mol. The van der Waals surface area contributed by atoms with Crippen molar-refractivity contribution in [2.24, 2.45) is 0 Å². The van der Waals surface area contributed by atoms with Crippen molar-refractivity contribution in [2.45, 2.75) is 77.0 Å². The van der Waals surface area contributed by atoms with E-state index in [4.69, 9.17) is 0 Å². The third-order valence-electron chi connectivity index (χ3n) is 4.98. The first-order chi connectivity index (χ1) is 11.2. The zero-order valence-corrected chi connectivity index (χ0v) is 18.3. The molecule has 2 heteroatoms. The first-order valence-electron chi connectivity index (χ1n) is 9.62. The van der Waals surface area contributed by atoms with Gasteiger partial charge in [-0.2, -0.15) is 0 Å². The van der Waals surface area contributed by atoms with Gasteiger partial charge in [0.25, 0.3) is 0 Å². The summed E-state index contributed by atoms with van der Waals surface area (Å²) in [6.07, 6.45) is 10.3. The van der Waals surface area contributed by atoms with Gasteiger partial charge in [0.05, 0.1) is 0 Å². The summed E-state index contributed by atoms with van der Waals surface area (Å²) in [7, 11) is 0. The van der Waals surface area contributed by atoms with Crippen LogP contribution in [0.1, 0.15) is 64.9 Å². The molecular formula is C21H36OSn. The van der Waals surface area contributed by atoms with Gasteiger partial charge in [-0.3, -0.25) is 0 Å². The number of allylic oxidation sites excluding steroid dienone is 1. The topological polar surface area (TPSA) is 20.2 Å². The minimum absolute atomic E-state index is 0.496. The van der Waals surface area contributed by atoms with Crippen LogP contribution < -0.4 is 0 Å². The second kappa shape index (κ2) is 12.0. The molecule has 0 atom stereocenters. The van der Waals surface area contributed by atoms with Crippen molar-refractivity contribution >= 4 is 24.1 Å². The van der Waals surface area contributed by atoms with Gasteiger partial charge in [-0.05, 0) is 0 Å². The summed E-state index contributed by atoms with van der Waals surface area (Å²) in [5.74, 6) is 0.496. The number of rotatable bonds is 12. The van der Waals surface area contributed by atoms with Crippen LogP contribution in [-0.4, -0.2) is 23.5 Å². The average molecular weight is 423 g/mol. The summed E-state index contributed by atoms with van der Waals surface area (Å²) in [5.41, 5.74) is 0.967. The molecule has 0 aliphatic carbocycles. The van der Waals surface area contributed by atoms with Gasteiger partial charge in [-0.25, -0.2) is 0 Å². The Morgan fingerprint density at radius 2 is 1.35 bits per heavy atom. The second-order valence-electron chi connectivity index (χ2n) is 6.97. The fourth-order valence-electron chi connectivity index (χ4n) is 3.38. The van der Waals surface area contributed by atoms with E-state index in [1.807, 2.05) is 30.3 Å². The van der Waals surface area contributed by atoms with Crippen molar-refractivity contribution < 1.29 is 5.11 Å². The molecular weight excluding hydrogens is 387 g/mol. The average Bonchev–Trinajstić information content (AvgIpc) is 2.61. The predicted octanol–water partition coefficient (Wildman–Crippen LogP) is 7.43. The van der Waals surface area contributed by atoms with Gasteiger partial charge < -0.3 is 0 Å². The molecule has 0 heterocycles. The number of aliphatic hydroxyl groups excluding tert-OH is 1. The molecule has 1 nitrogen and oxygen atoms in total. The standard InChI is InChI=1S/C9H9O.3C4H9.Sn/c1-2-9(10)8-6-4-3-5-7-8;3*1-3-4-2;/h2-7,10H,1H2;3*1,3-4H2,2H3;/b9-2-;;;;. The molecule has 1 aromatic rings. The van der Waals surface area contributed by atoms with E-state index in [-0.39, 0.29) is 0 Å². The number of aliphatic hydroxyl groups is 1. The zero-order chi connectivity index (χ0) is 17.0. The van der Waals surface area contributed by atoms with E-state index < -0.39 is 18.4 Å². The van der Waals surface area contributed by atoms with Gasteiger partial charge >= 0.3 is 148 Å². The van der Waals surface area contributed by atoms with E-state index in [2.05, 4.69) is 26.8 Å². The SMILES string of the molecule is CCC[CH2][Sn]([CH2]/C=C(\O)c1ccccc1)([CH2]CCC)[CH2]CCC. The molecule has 0 aliphatic heterocycles.